The molecule has 3 heteroatoms. The molecule has 84 valence electrons. The maximum Gasteiger partial charge on any atom is 0.123 e. The van der Waals surface area contributed by atoms with E-state index >= 15 is 0 Å². The van der Waals surface area contributed by atoms with Crippen LogP contribution in [-0.4, -0.2) is 18.3 Å². The molecule has 0 heterocycles. The minimum Gasteiger partial charge on any atom is -0.496 e. The highest BCUT2D eigenvalue weighted by Crippen LogP contribution is 2.26. The van der Waals surface area contributed by atoms with Gasteiger partial charge in [0.1, 0.15) is 5.75 Å². The maximum absolute atomic E-state index is 9.81. The van der Waals surface area contributed by atoms with Crippen molar-refractivity contribution in [2.45, 2.75) is 31.9 Å². The summed E-state index contributed by atoms with van der Waals surface area (Å²) in [7, 11) is 1.61. The lowest BCUT2D eigenvalue weighted by atomic mass is 9.98. The normalized spacial score (nSPS) is 14.7. The van der Waals surface area contributed by atoms with Crippen molar-refractivity contribution in [3.05, 3.63) is 29.8 Å². The summed E-state index contributed by atoms with van der Waals surface area (Å²) in [5.74, 6) is 0.736. The second-order valence-electron chi connectivity index (χ2n) is 3.62. The van der Waals surface area contributed by atoms with Crippen LogP contribution in [0.1, 0.15) is 31.4 Å². The monoisotopic (exact) mass is 209 g/mol. The van der Waals surface area contributed by atoms with E-state index in [1.807, 2.05) is 31.2 Å². The Morgan fingerprint density at radius 1 is 1.40 bits per heavy atom. The number of aliphatic hydroxyl groups is 1. The van der Waals surface area contributed by atoms with Gasteiger partial charge in [-0.15, -0.1) is 0 Å². The molecule has 0 bridgehead atoms. The predicted octanol–water partition coefficient (Wildman–Crippen LogP) is 1.86. The number of aliphatic hydroxyl groups excluding tert-OH is 1. The van der Waals surface area contributed by atoms with Crippen molar-refractivity contribution in [1.29, 1.82) is 0 Å². The molecule has 0 fully saturated rings. The Morgan fingerprint density at radius 2 is 2.07 bits per heavy atom. The largest absolute Gasteiger partial charge is 0.496 e. The fraction of sp³-hybridized carbons (Fsp3) is 0.500. The standard InChI is InChI=1S/C12H19NO2/c1-3-6-10(14)12(13)9-7-4-5-8-11(9)15-2/h4-5,7-8,10,12,14H,3,6,13H2,1-2H3/t10-,12+/m1/s1. The molecule has 0 aliphatic rings. The van der Waals surface area contributed by atoms with Crippen LogP contribution in [0.4, 0.5) is 0 Å². The molecule has 0 amide bonds. The van der Waals surface area contributed by atoms with E-state index in [9.17, 15) is 5.11 Å². The summed E-state index contributed by atoms with van der Waals surface area (Å²) in [6, 6.07) is 7.16. The molecule has 0 aromatic heterocycles. The molecule has 15 heavy (non-hydrogen) atoms. The van der Waals surface area contributed by atoms with Gasteiger partial charge in [0.15, 0.2) is 0 Å². The lowest BCUT2D eigenvalue weighted by Gasteiger charge is -2.20. The van der Waals surface area contributed by atoms with Gasteiger partial charge in [0.25, 0.3) is 0 Å². The minimum absolute atomic E-state index is 0.374. The number of para-hydroxylation sites is 1. The van der Waals surface area contributed by atoms with E-state index in [-0.39, 0.29) is 6.04 Å². The Labute approximate surface area is 90.9 Å². The molecule has 3 nitrogen and oxygen atoms in total. The molecule has 3 N–H and O–H groups in total. The fourth-order valence-electron chi connectivity index (χ4n) is 1.62. The SMILES string of the molecule is CCC[C@@H](O)[C@@H](N)c1ccccc1OC. The topological polar surface area (TPSA) is 55.5 Å². The van der Waals surface area contributed by atoms with Crippen LogP contribution in [0.25, 0.3) is 0 Å². The van der Waals surface area contributed by atoms with Gasteiger partial charge in [-0.3, -0.25) is 0 Å². The molecule has 1 rings (SSSR count). The van der Waals surface area contributed by atoms with Crippen LogP contribution in [0.2, 0.25) is 0 Å². The van der Waals surface area contributed by atoms with E-state index in [1.54, 1.807) is 7.11 Å². The molecule has 0 unspecified atom stereocenters. The Bertz CT molecular complexity index is 301. The molecule has 0 aliphatic heterocycles. The Hall–Kier alpha value is -1.06. The number of nitrogens with two attached hydrogens (primary N) is 1. The van der Waals surface area contributed by atoms with Gasteiger partial charge in [-0.05, 0) is 12.5 Å². The van der Waals surface area contributed by atoms with Gasteiger partial charge >= 0.3 is 0 Å². The third-order valence-corrected chi connectivity index (χ3v) is 2.50. The summed E-state index contributed by atoms with van der Waals surface area (Å²) < 4.78 is 5.20. The van der Waals surface area contributed by atoms with E-state index in [0.717, 1.165) is 17.7 Å². The zero-order valence-corrected chi connectivity index (χ0v) is 9.31. The number of benzene rings is 1. The van der Waals surface area contributed by atoms with Crippen LogP contribution in [0.3, 0.4) is 0 Å². The lowest BCUT2D eigenvalue weighted by molar-refractivity contribution is 0.133. The molecular formula is C12H19NO2. The summed E-state index contributed by atoms with van der Waals surface area (Å²) in [6.45, 7) is 2.03. The molecule has 0 saturated carbocycles. The van der Waals surface area contributed by atoms with Crippen molar-refractivity contribution >= 4 is 0 Å². The van der Waals surface area contributed by atoms with Crippen molar-refractivity contribution in [1.82, 2.24) is 0 Å². The first-order valence-corrected chi connectivity index (χ1v) is 5.27. The van der Waals surface area contributed by atoms with E-state index < -0.39 is 6.10 Å². The molecule has 1 aromatic rings. The third-order valence-electron chi connectivity index (χ3n) is 2.50. The van der Waals surface area contributed by atoms with Gasteiger partial charge in [0, 0.05) is 5.56 Å². The van der Waals surface area contributed by atoms with Crippen molar-refractivity contribution in [2.24, 2.45) is 5.73 Å². The lowest BCUT2D eigenvalue weighted by Crippen LogP contribution is -2.26. The van der Waals surface area contributed by atoms with Crippen molar-refractivity contribution in [3.63, 3.8) is 0 Å². The quantitative estimate of drug-likeness (QED) is 0.778. The molecule has 1 aromatic carbocycles. The van der Waals surface area contributed by atoms with Crippen LogP contribution in [0.5, 0.6) is 5.75 Å². The molecular weight excluding hydrogens is 190 g/mol. The number of ether oxygens (including phenoxy) is 1. The van der Waals surface area contributed by atoms with Crippen LogP contribution in [0.15, 0.2) is 24.3 Å². The Morgan fingerprint density at radius 3 is 2.67 bits per heavy atom. The van der Waals surface area contributed by atoms with Gasteiger partial charge < -0.3 is 15.6 Å². The molecule has 0 saturated heterocycles. The first kappa shape index (κ1) is 12.0. The Balaban J connectivity index is 2.84. The van der Waals surface area contributed by atoms with Gasteiger partial charge in [0.2, 0.25) is 0 Å². The first-order valence-electron chi connectivity index (χ1n) is 5.27. The summed E-state index contributed by atoms with van der Waals surface area (Å²) in [6.07, 6.45) is 1.12. The second-order valence-corrected chi connectivity index (χ2v) is 3.62. The summed E-state index contributed by atoms with van der Waals surface area (Å²) in [5.41, 5.74) is 6.83. The van der Waals surface area contributed by atoms with E-state index in [2.05, 4.69) is 0 Å². The molecule has 0 spiro atoms. The smallest absolute Gasteiger partial charge is 0.123 e. The zero-order chi connectivity index (χ0) is 11.3. The van der Waals surface area contributed by atoms with Crippen LogP contribution >= 0.6 is 0 Å². The van der Waals surface area contributed by atoms with E-state index in [4.69, 9.17) is 10.5 Å². The zero-order valence-electron chi connectivity index (χ0n) is 9.31. The van der Waals surface area contributed by atoms with Gasteiger partial charge in [-0.25, -0.2) is 0 Å². The second kappa shape index (κ2) is 5.73. The average Bonchev–Trinajstić information content (AvgIpc) is 2.28. The van der Waals surface area contributed by atoms with Crippen molar-refractivity contribution in [2.75, 3.05) is 7.11 Å². The predicted molar refractivity (Wildman–Crippen MR) is 60.8 cm³/mol. The number of methoxy groups -OCH3 is 1. The molecule has 0 aliphatic carbocycles. The highest BCUT2D eigenvalue weighted by Gasteiger charge is 2.18. The van der Waals surface area contributed by atoms with Crippen molar-refractivity contribution < 1.29 is 9.84 Å². The molecule has 0 radical (unpaired) electrons. The van der Waals surface area contributed by atoms with Crippen LogP contribution in [-0.2, 0) is 0 Å². The fourth-order valence-corrected chi connectivity index (χ4v) is 1.62. The highest BCUT2D eigenvalue weighted by atomic mass is 16.5. The van der Waals surface area contributed by atoms with Gasteiger partial charge in [-0.2, -0.15) is 0 Å². The van der Waals surface area contributed by atoms with Crippen molar-refractivity contribution in [3.8, 4) is 5.75 Å². The third kappa shape index (κ3) is 2.94. The van der Waals surface area contributed by atoms with Crippen LogP contribution < -0.4 is 10.5 Å². The van der Waals surface area contributed by atoms with Gasteiger partial charge in [-0.1, -0.05) is 31.5 Å². The maximum atomic E-state index is 9.81. The van der Waals surface area contributed by atoms with Gasteiger partial charge in [0.05, 0.1) is 19.3 Å². The number of rotatable bonds is 5. The summed E-state index contributed by atoms with van der Waals surface area (Å²) >= 11 is 0. The number of hydrogen-bond acceptors (Lipinski definition) is 3. The highest BCUT2D eigenvalue weighted by molar-refractivity contribution is 5.36. The minimum atomic E-state index is -0.508. The Kier molecular flexibility index (Phi) is 4.59. The van der Waals surface area contributed by atoms with E-state index in [1.165, 1.54) is 0 Å². The number of hydrogen-bond donors (Lipinski definition) is 2. The average molecular weight is 209 g/mol. The molecule has 2 atom stereocenters. The summed E-state index contributed by atoms with van der Waals surface area (Å²) in [4.78, 5) is 0. The summed E-state index contributed by atoms with van der Waals surface area (Å²) in [5, 5.41) is 9.81. The van der Waals surface area contributed by atoms with Crippen LogP contribution in [0, 0.1) is 0 Å². The van der Waals surface area contributed by atoms with E-state index in [0.29, 0.717) is 6.42 Å². The first-order chi connectivity index (χ1) is 7.20.